The number of nitrogens with zero attached hydrogens (tertiary/aromatic N) is 4. The first kappa shape index (κ1) is 14.8. The van der Waals surface area contributed by atoms with Gasteiger partial charge in [0.2, 0.25) is 0 Å². The zero-order chi connectivity index (χ0) is 14.7. The Balaban J connectivity index is 1.62. The fourth-order valence-corrected chi connectivity index (χ4v) is 3.53. The van der Waals surface area contributed by atoms with E-state index in [0.717, 1.165) is 24.8 Å². The molecule has 0 N–H and O–H groups in total. The Hall–Kier alpha value is -1.16. The highest BCUT2D eigenvalue weighted by Crippen LogP contribution is 2.38. The zero-order valence-corrected chi connectivity index (χ0v) is 13.3. The summed E-state index contributed by atoms with van der Waals surface area (Å²) in [6.07, 6.45) is 11.6. The van der Waals surface area contributed by atoms with Gasteiger partial charge in [0.15, 0.2) is 0 Å². The Kier molecular flexibility index (Phi) is 4.73. The van der Waals surface area contributed by atoms with Gasteiger partial charge in [-0.25, -0.2) is 0 Å². The van der Waals surface area contributed by atoms with Crippen LogP contribution in [0.25, 0.3) is 0 Å². The maximum atomic E-state index is 4.43. The van der Waals surface area contributed by atoms with Gasteiger partial charge in [-0.2, -0.15) is 0 Å². The molecule has 4 heteroatoms. The monoisotopic (exact) mass is 288 g/mol. The van der Waals surface area contributed by atoms with Gasteiger partial charge in [0, 0.05) is 26.1 Å². The average molecular weight is 288 g/mol. The fourth-order valence-electron chi connectivity index (χ4n) is 3.53. The van der Waals surface area contributed by atoms with Gasteiger partial charge in [-0.15, -0.1) is 16.8 Å². The molecule has 2 aliphatic carbocycles. The molecule has 0 aromatic carbocycles. The van der Waals surface area contributed by atoms with Crippen molar-refractivity contribution < 1.29 is 0 Å². The van der Waals surface area contributed by atoms with Gasteiger partial charge in [-0.1, -0.05) is 25.3 Å². The van der Waals surface area contributed by atoms with Crippen molar-refractivity contribution in [2.75, 3.05) is 13.1 Å². The van der Waals surface area contributed by atoms with E-state index in [2.05, 4.69) is 33.3 Å². The van der Waals surface area contributed by atoms with Crippen LogP contribution in [0.1, 0.15) is 62.5 Å². The maximum Gasteiger partial charge on any atom is 0.146 e. The van der Waals surface area contributed by atoms with Crippen LogP contribution in [0.5, 0.6) is 0 Å². The van der Waals surface area contributed by atoms with Crippen molar-refractivity contribution in [2.45, 2.75) is 57.4 Å². The number of rotatable bonds is 7. The van der Waals surface area contributed by atoms with E-state index in [4.69, 9.17) is 0 Å². The van der Waals surface area contributed by atoms with E-state index in [0.29, 0.717) is 5.92 Å². The predicted octanol–water partition coefficient (Wildman–Crippen LogP) is 3.26. The van der Waals surface area contributed by atoms with Crippen LogP contribution in [0.4, 0.5) is 0 Å². The van der Waals surface area contributed by atoms with Crippen LogP contribution in [0.2, 0.25) is 0 Å². The summed E-state index contributed by atoms with van der Waals surface area (Å²) in [7, 11) is 2.12. The second-order valence-corrected chi connectivity index (χ2v) is 6.79. The van der Waals surface area contributed by atoms with Gasteiger partial charge in [0.25, 0.3) is 0 Å². The molecule has 0 amide bonds. The highest BCUT2D eigenvalue weighted by molar-refractivity contribution is 5.07. The Morgan fingerprint density at radius 1 is 1.19 bits per heavy atom. The average Bonchev–Trinajstić information content (AvgIpc) is 3.27. The van der Waals surface area contributed by atoms with Crippen LogP contribution < -0.4 is 0 Å². The summed E-state index contributed by atoms with van der Waals surface area (Å²) in [5.41, 5.74) is 0. The van der Waals surface area contributed by atoms with Crippen molar-refractivity contribution in [3.8, 4) is 0 Å². The molecule has 2 aliphatic rings. The van der Waals surface area contributed by atoms with Crippen LogP contribution in [0.3, 0.4) is 0 Å². The molecule has 2 fully saturated rings. The second kappa shape index (κ2) is 6.73. The number of hydrogen-bond donors (Lipinski definition) is 0. The summed E-state index contributed by atoms with van der Waals surface area (Å²) in [4.78, 5) is 2.49. The maximum absolute atomic E-state index is 4.43. The molecule has 1 aromatic heterocycles. The van der Waals surface area contributed by atoms with Crippen LogP contribution in [0, 0.1) is 5.92 Å². The fraction of sp³-hybridized carbons (Fsp3) is 0.765. The van der Waals surface area contributed by atoms with Gasteiger partial charge in [-0.05, 0) is 31.6 Å². The van der Waals surface area contributed by atoms with E-state index in [9.17, 15) is 0 Å². The van der Waals surface area contributed by atoms with E-state index >= 15 is 0 Å². The molecule has 0 saturated heterocycles. The zero-order valence-electron chi connectivity index (χ0n) is 13.3. The molecule has 2 saturated carbocycles. The molecular weight excluding hydrogens is 260 g/mol. The lowest BCUT2D eigenvalue weighted by Gasteiger charge is -2.28. The van der Waals surface area contributed by atoms with Crippen molar-refractivity contribution in [1.29, 1.82) is 0 Å². The van der Waals surface area contributed by atoms with E-state index in [1.807, 2.05) is 6.08 Å². The lowest BCUT2D eigenvalue weighted by atomic mass is 9.89. The lowest BCUT2D eigenvalue weighted by Crippen LogP contribution is -2.31. The first-order valence-corrected chi connectivity index (χ1v) is 8.49. The molecule has 21 heavy (non-hydrogen) atoms. The number of hydrogen-bond acceptors (Lipinski definition) is 3. The normalized spacial score (nSPS) is 20.1. The van der Waals surface area contributed by atoms with E-state index in [1.165, 1.54) is 57.3 Å². The molecular formula is C17H28N4. The van der Waals surface area contributed by atoms with Crippen molar-refractivity contribution in [3.63, 3.8) is 0 Å². The highest BCUT2D eigenvalue weighted by atomic mass is 15.3. The number of aromatic nitrogens is 3. The Morgan fingerprint density at radius 3 is 2.62 bits per heavy atom. The van der Waals surface area contributed by atoms with Crippen molar-refractivity contribution in [1.82, 2.24) is 19.7 Å². The summed E-state index contributed by atoms with van der Waals surface area (Å²) in [6, 6.07) is 0. The molecule has 1 heterocycles. The third-order valence-electron chi connectivity index (χ3n) is 4.93. The standard InChI is InChI=1S/C17H28N4/c1-3-11-21(12-14-7-5-4-6-8-14)13-16-18-19-17(20(16)2)15-9-10-15/h3,14-15H,1,4-13H2,2H3. The van der Waals surface area contributed by atoms with Crippen molar-refractivity contribution in [2.24, 2.45) is 13.0 Å². The van der Waals surface area contributed by atoms with Gasteiger partial charge >= 0.3 is 0 Å². The summed E-state index contributed by atoms with van der Waals surface area (Å²) >= 11 is 0. The molecule has 0 radical (unpaired) electrons. The SMILES string of the molecule is C=CCN(Cc1nnc(C2CC2)n1C)CC1CCCCC1. The quantitative estimate of drug-likeness (QED) is 0.722. The third kappa shape index (κ3) is 3.73. The first-order valence-electron chi connectivity index (χ1n) is 8.49. The summed E-state index contributed by atoms with van der Waals surface area (Å²) in [6.45, 7) is 6.94. The van der Waals surface area contributed by atoms with Crippen molar-refractivity contribution in [3.05, 3.63) is 24.3 Å². The molecule has 1 aromatic rings. The summed E-state index contributed by atoms with van der Waals surface area (Å²) in [5, 5.41) is 8.83. The van der Waals surface area contributed by atoms with Crippen LogP contribution in [-0.4, -0.2) is 32.8 Å². The Labute approximate surface area is 128 Å². The molecule has 0 atom stereocenters. The minimum atomic E-state index is 0.669. The van der Waals surface area contributed by atoms with E-state index < -0.39 is 0 Å². The summed E-state index contributed by atoms with van der Waals surface area (Å²) < 4.78 is 2.22. The Bertz CT molecular complexity index is 469. The summed E-state index contributed by atoms with van der Waals surface area (Å²) in [5.74, 6) is 3.81. The van der Waals surface area contributed by atoms with Crippen LogP contribution in [-0.2, 0) is 13.6 Å². The highest BCUT2D eigenvalue weighted by Gasteiger charge is 2.29. The van der Waals surface area contributed by atoms with E-state index in [-0.39, 0.29) is 0 Å². The molecule has 3 rings (SSSR count). The predicted molar refractivity (Wildman–Crippen MR) is 85.0 cm³/mol. The van der Waals surface area contributed by atoms with E-state index in [1.54, 1.807) is 0 Å². The van der Waals surface area contributed by atoms with Gasteiger partial charge < -0.3 is 4.57 Å². The smallest absolute Gasteiger partial charge is 0.146 e. The molecule has 0 unspecified atom stereocenters. The largest absolute Gasteiger partial charge is 0.317 e. The Morgan fingerprint density at radius 2 is 1.95 bits per heavy atom. The first-order chi connectivity index (χ1) is 10.3. The second-order valence-electron chi connectivity index (χ2n) is 6.79. The molecule has 0 spiro atoms. The minimum Gasteiger partial charge on any atom is -0.317 e. The minimum absolute atomic E-state index is 0.669. The van der Waals surface area contributed by atoms with Crippen LogP contribution in [0.15, 0.2) is 12.7 Å². The van der Waals surface area contributed by atoms with Crippen molar-refractivity contribution >= 4 is 0 Å². The third-order valence-corrected chi connectivity index (χ3v) is 4.93. The topological polar surface area (TPSA) is 34.0 Å². The molecule has 116 valence electrons. The van der Waals surface area contributed by atoms with Gasteiger partial charge in [0.1, 0.15) is 11.6 Å². The molecule has 0 aliphatic heterocycles. The van der Waals surface area contributed by atoms with Gasteiger partial charge in [0.05, 0.1) is 6.54 Å². The molecule has 0 bridgehead atoms. The van der Waals surface area contributed by atoms with Gasteiger partial charge in [-0.3, -0.25) is 4.90 Å². The lowest BCUT2D eigenvalue weighted by molar-refractivity contribution is 0.205. The van der Waals surface area contributed by atoms with Crippen LogP contribution >= 0.6 is 0 Å². The molecule has 4 nitrogen and oxygen atoms in total.